The van der Waals surface area contributed by atoms with Crippen LogP contribution in [0, 0.1) is 0 Å². The zero-order valence-electron chi connectivity index (χ0n) is 5.07. The molecule has 0 aliphatic heterocycles. The van der Waals surface area contributed by atoms with Crippen molar-refractivity contribution in [3.05, 3.63) is 17.8 Å². The summed E-state index contributed by atoms with van der Waals surface area (Å²) in [5.41, 5.74) is 4.87. The number of nitrogens with two attached hydrogens (primary N) is 1. The Morgan fingerprint density at radius 3 is 2.90 bits per heavy atom. The minimum absolute atomic E-state index is 0.0315. The first kappa shape index (κ1) is 6.76. The van der Waals surface area contributed by atoms with Gasteiger partial charge in [-0.2, -0.15) is 0 Å². The number of primary amides is 1. The Hall–Kier alpha value is -1.36. The number of carbonyl (C=O) groups excluding carboxylic acids is 1. The van der Waals surface area contributed by atoms with E-state index in [1.165, 1.54) is 0 Å². The Kier molecular flexibility index (Phi) is 1.68. The Morgan fingerprint density at radius 2 is 2.60 bits per heavy atom. The van der Waals surface area contributed by atoms with E-state index in [0.717, 1.165) is 6.26 Å². The van der Waals surface area contributed by atoms with Crippen molar-refractivity contribution < 1.29 is 14.3 Å². The Labute approximate surface area is 56.5 Å². The summed E-state index contributed by atoms with van der Waals surface area (Å²) in [4.78, 5) is 13.9. The van der Waals surface area contributed by atoms with Crippen molar-refractivity contribution in [1.82, 2.24) is 4.98 Å². The first-order chi connectivity index (χ1) is 4.74. The summed E-state index contributed by atoms with van der Waals surface area (Å²) < 4.78 is 4.61. The van der Waals surface area contributed by atoms with E-state index in [1.54, 1.807) is 0 Å². The highest BCUT2D eigenvalue weighted by atomic mass is 16.4. The van der Waals surface area contributed by atoms with E-state index in [1.807, 2.05) is 0 Å². The molecule has 0 saturated carbocycles. The summed E-state index contributed by atoms with van der Waals surface area (Å²) in [6.07, 6.45) is 1.11. The van der Waals surface area contributed by atoms with Crippen molar-refractivity contribution in [3.63, 3.8) is 0 Å². The molecule has 5 nitrogen and oxygen atoms in total. The number of aromatic nitrogens is 1. The minimum atomic E-state index is -0.663. The summed E-state index contributed by atoms with van der Waals surface area (Å²) in [5, 5.41) is 8.42. The van der Waals surface area contributed by atoms with Crippen LogP contribution in [-0.2, 0) is 6.61 Å². The molecule has 0 saturated heterocycles. The van der Waals surface area contributed by atoms with Crippen LogP contribution in [0.3, 0.4) is 0 Å². The second-order valence-corrected chi connectivity index (χ2v) is 1.65. The zero-order valence-corrected chi connectivity index (χ0v) is 5.07. The van der Waals surface area contributed by atoms with Gasteiger partial charge in [-0.1, -0.05) is 0 Å². The highest BCUT2D eigenvalue weighted by Gasteiger charge is 2.06. The lowest BCUT2D eigenvalue weighted by atomic mass is 10.5. The molecule has 1 rings (SSSR count). The van der Waals surface area contributed by atoms with Crippen LogP contribution in [0.25, 0.3) is 0 Å². The molecule has 0 bridgehead atoms. The van der Waals surface area contributed by atoms with Gasteiger partial charge in [0.25, 0.3) is 5.91 Å². The number of aliphatic hydroxyl groups excluding tert-OH is 1. The summed E-state index contributed by atoms with van der Waals surface area (Å²) in [6.45, 7) is -0.326. The topological polar surface area (TPSA) is 89.4 Å². The van der Waals surface area contributed by atoms with Crippen molar-refractivity contribution in [3.8, 4) is 0 Å². The lowest BCUT2D eigenvalue weighted by Crippen LogP contribution is -2.11. The first-order valence-electron chi connectivity index (χ1n) is 2.59. The molecule has 0 radical (unpaired) electrons. The summed E-state index contributed by atoms with van der Waals surface area (Å²) in [7, 11) is 0. The highest BCUT2D eigenvalue weighted by Crippen LogP contribution is 1.99. The van der Waals surface area contributed by atoms with Gasteiger partial charge >= 0.3 is 0 Å². The molecule has 0 aromatic carbocycles. The minimum Gasteiger partial charge on any atom is -0.446 e. The number of carbonyl (C=O) groups is 1. The van der Waals surface area contributed by atoms with Gasteiger partial charge in [-0.05, 0) is 0 Å². The number of oxazole rings is 1. The first-order valence-corrected chi connectivity index (χ1v) is 2.59. The van der Waals surface area contributed by atoms with E-state index in [0.29, 0.717) is 0 Å². The van der Waals surface area contributed by atoms with Crippen LogP contribution >= 0.6 is 0 Å². The van der Waals surface area contributed by atoms with Crippen LogP contribution < -0.4 is 5.73 Å². The maximum atomic E-state index is 10.3. The number of nitrogens with zero attached hydrogens (tertiary/aromatic N) is 1. The lowest BCUT2D eigenvalue weighted by molar-refractivity contribution is 0.0995. The fourth-order valence-electron chi connectivity index (χ4n) is 0.497. The molecular formula is C5H6N2O3. The van der Waals surface area contributed by atoms with E-state index in [-0.39, 0.29) is 18.2 Å². The second kappa shape index (κ2) is 2.49. The Bertz CT molecular complexity index is 243. The van der Waals surface area contributed by atoms with E-state index in [9.17, 15) is 4.79 Å². The van der Waals surface area contributed by atoms with Crippen LogP contribution in [0.4, 0.5) is 0 Å². The molecule has 3 N–H and O–H groups in total. The number of aliphatic hydroxyl groups is 1. The maximum Gasteiger partial charge on any atom is 0.270 e. The van der Waals surface area contributed by atoms with Gasteiger partial charge in [0.05, 0.1) is 0 Å². The van der Waals surface area contributed by atoms with Gasteiger partial charge in [0, 0.05) is 0 Å². The fraction of sp³-hybridized carbons (Fsp3) is 0.200. The maximum absolute atomic E-state index is 10.3. The molecule has 54 valence electrons. The van der Waals surface area contributed by atoms with Crippen LogP contribution in [0.5, 0.6) is 0 Å². The third-order valence-corrected chi connectivity index (χ3v) is 0.939. The number of rotatable bonds is 2. The molecule has 10 heavy (non-hydrogen) atoms. The van der Waals surface area contributed by atoms with Crippen molar-refractivity contribution in [1.29, 1.82) is 0 Å². The molecule has 0 fully saturated rings. The third-order valence-electron chi connectivity index (χ3n) is 0.939. The quantitative estimate of drug-likeness (QED) is 0.569. The normalized spacial score (nSPS) is 9.70. The second-order valence-electron chi connectivity index (χ2n) is 1.65. The van der Waals surface area contributed by atoms with Crippen molar-refractivity contribution in [2.24, 2.45) is 5.73 Å². The van der Waals surface area contributed by atoms with Crippen LogP contribution in [-0.4, -0.2) is 16.0 Å². The van der Waals surface area contributed by atoms with Gasteiger partial charge in [-0.25, -0.2) is 4.98 Å². The lowest BCUT2D eigenvalue weighted by Gasteiger charge is -1.80. The SMILES string of the molecule is NC(=O)c1coc(CO)n1. The average Bonchev–Trinajstić information content (AvgIpc) is 2.34. The largest absolute Gasteiger partial charge is 0.446 e. The predicted molar refractivity (Wildman–Crippen MR) is 30.9 cm³/mol. The smallest absolute Gasteiger partial charge is 0.270 e. The van der Waals surface area contributed by atoms with E-state index < -0.39 is 5.91 Å². The molecule has 0 atom stereocenters. The van der Waals surface area contributed by atoms with Gasteiger partial charge < -0.3 is 15.3 Å². The van der Waals surface area contributed by atoms with Crippen LogP contribution in [0.1, 0.15) is 16.4 Å². The monoisotopic (exact) mass is 142 g/mol. The Balaban J connectivity index is 2.88. The molecule has 1 heterocycles. The summed E-state index contributed by atoms with van der Waals surface area (Å²) in [5.74, 6) is -0.572. The Morgan fingerprint density at radius 1 is 1.90 bits per heavy atom. The number of amides is 1. The molecule has 0 aliphatic carbocycles. The third kappa shape index (κ3) is 1.14. The van der Waals surface area contributed by atoms with E-state index >= 15 is 0 Å². The number of hydrogen-bond acceptors (Lipinski definition) is 4. The summed E-state index contributed by atoms with van der Waals surface area (Å²) in [6, 6.07) is 0. The molecule has 0 spiro atoms. The highest BCUT2D eigenvalue weighted by molar-refractivity contribution is 5.90. The zero-order chi connectivity index (χ0) is 7.56. The van der Waals surface area contributed by atoms with Gasteiger partial charge in [-0.3, -0.25) is 4.79 Å². The number of hydrogen-bond donors (Lipinski definition) is 2. The molecular weight excluding hydrogens is 136 g/mol. The average molecular weight is 142 g/mol. The van der Waals surface area contributed by atoms with Gasteiger partial charge in [0.15, 0.2) is 5.69 Å². The molecule has 0 aliphatic rings. The van der Waals surface area contributed by atoms with Crippen molar-refractivity contribution in [2.75, 3.05) is 0 Å². The molecule has 1 aromatic rings. The predicted octanol–water partition coefficient (Wildman–Crippen LogP) is -0.734. The summed E-state index contributed by atoms with van der Waals surface area (Å²) >= 11 is 0. The molecule has 1 amide bonds. The van der Waals surface area contributed by atoms with Crippen LogP contribution in [0.2, 0.25) is 0 Å². The standard InChI is InChI=1S/C5H6N2O3/c6-5(9)3-2-10-4(1-8)7-3/h2,8H,1H2,(H2,6,9). The van der Waals surface area contributed by atoms with Crippen molar-refractivity contribution in [2.45, 2.75) is 6.61 Å². The van der Waals surface area contributed by atoms with E-state index in [4.69, 9.17) is 10.8 Å². The van der Waals surface area contributed by atoms with Gasteiger partial charge in [-0.15, -0.1) is 0 Å². The van der Waals surface area contributed by atoms with Crippen LogP contribution in [0.15, 0.2) is 10.7 Å². The molecule has 1 aromatic heterocycles. The molecule has 0 unspecified atom stereocenters. The van der Waals surface area contributed by atoms with Gasteiger partial charge in [0.1, 0.15) is 12.9 Å². The van der Waals surface area contributed by atoms with Crippen molar-refractivity contribution >= 4 is 5.91 Å². The van der Waals surface area contributed by atoms with E-state index in [2.05, 4.69) is 9.40 Å². The van der Waals surface area contributed by atoms with Gasteiger partial charge in [0.2, 0.25) is 5.89 Å². The molecule has 5 heteroatoms. The fourth-order valence-corrected chi connectivity index (χ4v) is 0.497.